The van der Waals surface area contributed by atoms with Crippen LogP contribution in [-0.2, 0) is 0 Å². The van der Waals surface area contributed by atoms with Gasteiger partial charge in [0.15, 0.2) is 5.82 Å². The molecule has 0 radical (unpaired) electrons. The molecule has 3 heterocycles. The number of hydrogen-bond acceptors (Lipinski definition) is 5. The maximum atomic E-state index is 4.27. The fraction of sp³-hybridized carbons (Fsp3) is 0. The molecule has 0 fully saturated rings. The second-order valence-electron chi connectivity index (χ2n) is 5.23. The minimum atomic E-state index is 0.649. The van der Waals surface area contributed by atoms with Crippen molar-refractivity contribution in [1.82, 2.24) is 24.9 Å². The molecule has 5 nitrogen and oxygen atoms in total. The number of nitrogens with zero attached hydrogens (tertiary/aromatic N) is 5. The van der Waals surface area contributed by atoms with Crippen molar-refractivity contribution >= 4 is 0 Å². The van der Waals surface area contributed by atoms with E-state index in [1.807, 2.05) is 24.3 Å². The van der Waals surface area contributed by atoms with E-state index in [4.69, 9.17) is 0 Å². The summed E-state index contributed by atoms with van der Waals surface area (Å²) in [4.78, 5) is 20.6. The van der Waals surface area contributed by atoms with Crippen molar-refractivity contribution in [2.24, 2.45) is 0 Å². The lowest BCUT2D eigenvalue weighted by Gasteiger charge is -2.09. The van der Waals surface area contributed by atoms with Crippen molar-refractivity contribution in [3.63, 3.8) is 0 Å². The summed E-state index contributed by atoms with van der Waals surface area (Å²) in [7, 11) is 0. The third-order valence-corrected chi connectivity index (χ3v) is 3.71. The molecule has 114 valence electrons. The Bertz CT molecular complexity index is 801. The molecule has 0 unspecified atom stereocenters. The molecule has 4 rings (SSSR count). The largest absolute Gasteiger partial charge is 0.265 e. The van der Waals surface area contributed by atoms with Gasteiger partial charge in [-0.2, -0.15) is 0 Å². The van der Waals surface area contributed by atoms with Crippen LogP contribution in [0.2, 0.25) is 0 Å². The topological polar surface area (TPSA) is 64.5 Å². The van der Waals surface area contributed by atoms with Gasteiger partial charge in [-0.25, -0.2) is 15.0 Å². The summed E-state index contributed by atoms with van der Waals surface area (Å²) in [5, 5.41) is 0. The molecule has 0 saturated carbocycles. The highest BCUT2D eigenvalue weighted by Gasteiger charge is 2.08. The van der Waals surface area contributed by atoms with Crippen molar-refractivity contribution in [3.8, 4) is 33.6 Å². The Morgan fingerprint density at radius 3 is 1.42 bits per heavy atom. The first-order valence-corrected chi connectivity index (χ1v) is 7.48. The summed E-state index contributed by atoms with van der Waals surface area (Å²) in [6, 6.07) is 14.3. The van der Waals surface area contributed by atoms with Crippen molar-refractivity contribution in [2.75, 3.05) is 0 Å². The summed E-state index contributed by atoms with van der Waals surface area (Å²) in [6.07, 6.45) is 10.2. The Labute approximate surface area is 139 Å². The molecule has 0 atom stereocenters. The summed E-state index contributed by atoms with van der Waals surface area (Å²) < 4.78 is 0. The normalized spacial score (nSPS) is 10.5. The summed E-state index contributed by atoms with van der Waals surface area (Å²) in [5.41, 5.74) is 5.30. The van der Waals surface area contributed by atoms with Crippen molar-refractivity contribution < 1.29 is 0 Å². The van der Waals surface area contributed by atoms with Gasteiger partial charge in [-0.15, -0.1) is 0 Å². The maximum absolute atomic E-state index is 4.27. The lowest BCUT2D eigenvalue weighted by atomic mass is 9.97. The second kappa shape index (κ2) is 6.34. The Kier molecular flexibility index (Phi) is 3.73. The fourth-order valence-corrected chi connectivity index (χ4v) is 2.57. The quantitative estimate of drug-likeness (QED) is 0.577. The van der Waals surface area contributed by atoms with Crippen LogP contribution in [0, 0.1) is 0 Å². The van der Waals surface area contributed by atoms with E-state index in [-0.39, 0.29) is 0 Å². The van der Waals surface area contributed by atoms with Crippen molar-refractivity contribution in [3.05, 3.63) is 79.9 Å². The van der Waals surface area contributed by atoms with Crippen LogP contribution in [-0.4, -0.2) is 24.9 Å². The summed E-state index contributed by atoms with van der Waals surface area (Å²) in [5.74, 6) is 0.649. The van der Waals surface area contributed by atoms with Crippen LogP contribution in [0.4, 0.5) is 0 Å². The Balaban J connectivity index is 1.92. The predicted molar refractivity (Wildman–Crippen MR) is 91.7 cm³/mol. The zero-order valence-electron chi connectivity index (χ0n) is 12.7. The summed E-state index contributed by atoms with van der Waals surface area (Å²) in [6.45, 7) is 0. The molecule has 0 aliphatic rings. The Hall–Kier alpha value is -3.47. The standard InChI is InChI=1S/C19H13N5/c1-5-20-6-2-14(1)16-9-17(15-3-7-21-8-4-15)11-18(10-16)19-23-12-22-13-24-19/h1-13H. The van der Waals surface area contributed by atoms with Gasteiger partial charge in [0.25, 0.3) is 0 Å². The fourth-order valence-electron chi connectivity index (χ4n) is 2.57. The van der Waals surface area contributed by atoms with Crippen molar-refractivity contribution in [2.45, 2.75) is 0 Å². The monoisotopic (exact) mass is 311 g/mol. The van der Waals surface area contributed by atoms with Crippen LogP contribution in [0.3, 0.4) is 0 Å². The number of benzene rings is 1. The van der Waals surface area contributed by atoms with Gasteiger partial charge < -0.3 is 0 Å². The van der Waals surface area contributed by atoms with Gasteiger partial charge in [0, 0.05) is 30.4 Å². The molecule has 0 bridgehead atoms. The average molecular weight is 311 g/mol. The van der Waals surface area contributed by atoms with Gasteiger partial charge in [-0.05, 0) is 64.7 Å². The van der Waals surface area contributed by atoms with Crippen LogP contribution in [0.15, 0.2) is 79.9 Å². The molecule has 0 aliphatic carbocycles. The van der Waals surface area contributed by atoms with Gasteiger partial charge in [0.1, 0.15) is 12.7 Å². The first-order chi connectivity index (χ1) is 11.9. The van der Waals surface area contributed by atoms with Crippen LogP contribution < -0.4 is 0 Å². The van der Waals surface area contributed by atoms with Gasteiger partial charge in [-0.3, -0.25) is 9.97 Å². The van der Waals surface area contributed by atoms with E-state index in [0.717, 1.165) is 27.8 Å². The van der Waals surface area contributed by atoms with Crippen LogP contribution in [0.5, 0.6) is 0 Å². The lowest BCUT2D eigenvalue weighted by Crippen LogP contribution is -1.91. The van der Waals surface area contributed by atoms with Gasteiger partial charge in [0.05, 0.1) is 0 Å². The van der Waals surface area contributed by atoms with Crippen LogP contribution >= 0.6 is 0 Å². The smallest absolute Gasteiger partial charge is 0.162 e. The number of rotatable bonds is 3. The predicted octanol–water partition coefficient (Wildman–Crippen LogP) is 3.66. The maximum Gasteiger partial charge on any atom is 0.162 e. The van der Waals surface area contributed by atoms with E-state index in [0.29, 0.717) is 5.82 Å². The Morgan fingerprint density at radius 1 is 0.458 bits per heavy atom. The second-order valence-corrected chi connectivity index (χ2v) is 5.23. The molecular formula is C19H13N5. The van der Waals surface area contributed by atoms with E-state index < -0.39 is 0 Å². The highest BCUT2D eigenvalue weighted by Crippen LogP contribution is 2.31. The molecule has 24 heavy (non-hydrogen) atoms. The molecule has 0 amide bonds. The number of hydrogen-bond donors (Lipinski definition) is 0. The van der Waals surface area contributed by atoms with Crippen molar-refractivity contribution in [1.29, 1.82) is 0 Å². The summed E-state index contributed by atoms with van der Waals surface area (Å²) >= 11 is 0. The minimum Gasteiger partial charge on any atom is -0.265 e. The van der Waals surface area contributed by atoms with E-state index in [9.17, 15) is 0 Å². The molecule has 0 spiro atoms. The van der Waals surface area contributed by atoms with E-state index in [2.05, 4.69) is 43.1 Å². The molecule has 1 aromatic carbocycles. The lowest BCUT2D eigenvalue weighted by molar-refractivity contribution is 1.06. The van der Waals surface area contributed by atoms with E-state index >= 15 is 0 Å². The molecule has 5 heteroatoms. The highest BCUT2D eigenvalue weighted by molar-refractivity contribution is 5.79. The highest BCUT2D eigenvalue weighted by atomic mass is 15.0. The number of aromatic nitrogens is 5. The third kappa shape index (κ3) is 2.87. The Morgan fingerprint density at radius 2 is 0.917 bits per heavy atom. The first-order valence-electron chi connectivity index (χ1n) is 7.48. The van der Waals surface area contributed by atoms with Gasteiger partial charge in [-0.1, -0.05) is 0 Å². The molecule has 0 N–H and O–H groups in total. The van der Waals surface area contributed by atoms with E-state index in [1.165, 1.54) is 12.7 Å². The third-order valence-electron chi connectivity index (χ3n) is 3.71. The van der Waals surface area contributed by atoms with E-state index in [1.54, 1.807) is 24.8 Å². The SMILES string of the molecule is c1cc(-c2cc(-c3ccncc3)cc(-c3ncncn3)c2)ccn1. The van der Waals surface area contributed by atoms with Gasteiger partial charge >= 0.3 is 0 Å². The average Bonchev–Trinajstić information content (AvgIpc) is 2.70. The van der Waals surface area contributed by atoms with Crippen LogP contribution in [0.25, 0.3) is 33.6 Å². The van der Waals surface area contributed by atoms with Gasteiger partial charge in [0.2, 0.25) is 0 Å². The minimum absolute atomic E-state index is 0.649. The molecule has 3 aromatic heterocycles. The number of pyridine rings is 2. The molecular weight excluding hydrogens is 298 g/mol. The molecule has 4 aromatic rings. The zero-order valence-corrected chi connectivity index (χ0v) is 12.7. The van der Waals surface area contributed by atoms with Crippen LogP contribution in [0.1, 0.15) is 0 Å². The molecule has 0 aliphatic heterocycles. The first kappa shape index (κ1) is 14.1. The zero-order chi connectivity index (χ0) is 16.2. The molecule has 0 saturated heterocycles.